The zero-order valence-corrected chi connectivity index (χ0v) is 16.9. The summed E-state index contributed by atoms with van der Waals surface area (Å²) in [6.07, 6.45) is 4.06. The molecule has 0 fully saturated rings. The van der Waals surface area contributed by atoms with E-state index in [9.17, 15) is 0 Å². The Morgan fingerprint density at radius 1 is 1.20 bits per heavy atom. The largest absolute Gasteiger partial charge is 0.489 e. The van der Waals surface area contributed by atoms with Gasteiger partial charge >= 0.3 is 0 Å². The fourth-order valence-electron chi connectivity index (χ4n) is 2.00. The molecule has 0 aromatic heterocycles. The highest BCUT2D eigenvalue weighted by Crippen LogP contribution is 2.16. The van der Waals surface area contributed by atoms with Crippen LogP contribution in [0.3, 0.4) is 0 Å². The van der Waals surface area contributed by atoms with Crippen LogP contribution in [0.25, 0.3) is 0 Å². The first-order valence-corrected chi connectivity index (χ1v) is 8.88. The average molecular weight is 340 g/mol. The molecule has 0 aliphatic carbocycles. The number of benzene rings is 1. The molecule has 0 aliphatic heterocycles. The Morgan fingerprint density at radius 2 is 1.92 bits per heavy atom. The quantitative estimate of drug-likeness (QED) is 0.483. The maximum Gasteiger partial charge on any atom is 0.120 e. The van der Waals surface area contributed by atoms with E-state index in [1.165, 1.54) is 16.7 Å². The molecule has 0 unspecified atom stereocenters. The van der Waals surface area contributed by atoms with Crippen molar-refractivity contribution in [2.75, 3.05) is 20.2 Å². The molecule has 0 bridgehead atoms. The van der Waals surface area contributed by atoms with Gasteiger partial charge in [0.15, 0.2) is 0 Å². The Bertz CT molecular complexity index is 661. The minimum absolute atomic E-state index is 0.0561. The maximum atomic E-state index is 5.89. The standard InChI is InChI=1S/C23H33NO/c1-19(2)20(3)18-25-22-13-11-12-21(16-22)17-24(7)15-10-8-9-14-23(4,5)6/h8,10-13,16H,15,17-18H2,1-7H3/b10-8+. The molecule has 25 heavy (non-hydrogen) atoms. The van der Waals surface area contributed by atoms with Crippen molar-refractivity contribution < 1.29 is 4.74 Å². The van der Waals surface area contributed by atoms with Crippen LogP contribution in [0.4, 0.5) is 0 Å². The molecule has 0 saturated carbocycles. The van der Waals surface area contributed by atoms with Crippen molar-refractivity contribution >= 4 is 0 Å². The lowest BCUT2D eigenvalue weighted by Gasteiger charge is -2.15. The van der Waals surface area contributed by atoms with Gasteiger partial charge in [-0.05, 0) is 77.9 Å². The summed E-state index contributed by atoms with van der Waals surface area (Å²) in [6, 6.07) is 8.34. The van der Waals surface area contributed by atoms with E-state index in [1.807, 2.05) is 12.1 Å². The Kier molecular flexibility index (Phi) is 8.52. The van der Waals surface area contributed by atoms with Crippen molar-refractivity contribution in [1.82, 2.24) is 4.90 Å². The van der Waals surface area contributed by atoms with Crippen molar-refractivity contribution in [1.29, 1.82) is 0 Å². The second-order valence-electron chi connectivity index (χ2n) is 7.83. The SMILES string of the molecule is CC(C)=C(C)COc1cccc(CN(C)C/C=C/C#CC(C)(C)C)c1. The van der Waals surface area contributed by atoms with Crippen molar-refractivity contribution in [3.63, 3.8) is 0 Å². The van der Waals surface area contributed by atoms with Crippen LogP contribution < -0.4 is 4.74 Å². The molecule has 0 amide bonds. The number of hydrogen-bond donors (Lipinski definition) is 0. The molecular formula is C23H33NO. The van der Waals surface area contributed by atoms with E-state index in [1.54, 1.807) is 0 Å². The normalized spacial score (nSPS) is 11.4. The van der Waals surface area contributed by atoms with Gasteiger partial charge in [0.2, 0.25) is 0 Å². The number of allylic oxidation sites excluding steroid dienone is 2. The minimum atomic E-state index is 0.0561. The van der Waals surface area contributed by atoms with Gasteiger partial charge in [0, 0.05) is 18.5 Å². The van der Waals surface area contributed by atoms with Crippen LogP contribution in [-0.2, 0) is 6.54 Å². The Hall–Kier alpha value is -1.98. The van der Waals surface area contributed by atoms with Crippen LogP contribution >= 0.6 is 0 Å². The fraction of sp³-hybridized carbons (Fsp3) is 0.478. The minimum Gasteiger partial charge on any atom is -0.489 e. The molecule has 2 heteroatoms. The van der Waals surface area contributed by atoms with E-state index in [2.05, 4.69) is 89.6 Å². The highest BCUT2D eigenvalue weighted by molar-refractivity contribution is 5.29. The summed E-state index contributed by atoms with van der Waals surface area (Å²) in [5.41, 5.74) is 3.91. The topological polar surface area (TPSA) is 12.5 Å². The van der Waals surface area contributed by atoms with Crippen molar-refractivity contribution in [3.8, 4) is 17.6 Å². The predicted molar refractivity (Wildman–Crippen MR) is 109 cm³/mol. The van der Waals surface area contributed by atoms with Gasteiger partial charge in [-0.3, -0.25) is 4.90 Å². The lowest BCUT2D eigenvalue weighted by molar-refractivity contribution is 0.345. The molecule has 1 aromatic carbocycles. The monoisotopic (exact) mass is 339 g/mol. The number of nitrogens with zero attached hydrogens (tertiary/aromatic N) is 1. The molecular weight excluding hydrogens is 306 g/mol. The first kappa shape index (κ1) is 21.1. The Labute approximate surface area is 154 Å². The Morgan fingerprint density at radius 3 is 2.56 bits per heavy atom. The highest BCUT2D eigenvalue weighted by atomic mass is 16.5. The summed E-state index contributed by atoms with van der Waals surface area (Å²) < 4.78 is 5.89. The number of rotatable bonds is 7. The molecule has 0 saturated heterocycles. The molecule has 1 rings (SSSR count). The zero-order valence-electron chi connectivity index (χ0n) is 16.9. The number of ether oxygens (including phenoxy) is 1. The first-order valence-electron chi connectivity index (χ1n) is 8.88. The van der Waals surface area contributed by atoms with Crippen molar-refractivity contribution in [2.24, 2.45) is 5.41 Å². The molecule has 2 nitrogen and oxygen atoms in total. The maximum absolute atomic E-state index is 5.89. The second-order valence-corrected chi connectivity index (χ2v) is 7.83. The molecule has 0 spiro atoms. The van der Waals surface area contributed by atoms with Crippen LogP contribution in [0.5, 0.6) is 5.75 Å². The van der Waals surface area contributed by atoms with Gasteiger partial charge in [0.25, 0.3) is 0 Å². The van der Waals surface area contributed by atoms with Gasteiger partial charge in [-0.25, -0.2) is 0 Å². The molecule has 1 aromatic rings. The van der Waals surface area contributed by atoms with Crippen LogP contribution in [0.15, 0.2) is 47.6 Å². The lowest BCUT2D eigenvalue weighted by atomic mass is 9.98. The van der Waals surface area contributed by atoms with Crippen molar-refractivity contribution in [3.05, 3.63) is 53.1 Å². The third-order valence-electron chi connectivity index (χ3n) is 3.73. The lowest BCUT2D eigenvalue weighted by Crippen LogP contribution is -2.17. The van der Waals surface area contributed by atoms with Crippen molar-refractivity contribution in [2.45, 2.75) is 48.1 Å². The van der Waals surface area contributed by atoms with E-state index in [0.29, 0.717) is 6.61 Å². The molecule has 136 valence electrons. The molecule has 0 N–H and O–H groups in total. The van der Waals surface area contributed by atoms with E-state index in [-0.39, 0.29) is 5.41 Å². The summed E-state index contributed by atoms with van der Waals surface area (Å²) in [6.45, 7) is 15.1. The zero-order chi connectivity index (χ0) is 18.9. The third kappa shape index (κ3) is 9.79. The summed E-state index contributed by atoms with van der Waals surface area (Å²) in [5, 5.41) is 0. The summed E-state index contributed by atoms with van der Waals surface area (Å²) >= 11 is 0. The van der Waals surface area contributed by atoms with E-state index in [0.717, 1.165) is 18.8 Å². The average Bonchev–Trinajstić information content (AvgIpc) is 2.51. The number of hydrogen-bond acceptors (Lipinski definition) is 2. The molecule has 0 heterocycles. The first-order chi connectivity index (χ1) is 11.7. The summed E-state index contributed by atoms with van der Waals surface area (Å²) in [7, 11) is 2.11. The molecule has 0 atom stereocenters. The van der Waals surface area contributed by atoms with Gasteiger partial charge in [0.1, 0.15) is 12.4 Å². The van der Waals surface area contributed by atoms with Gasteiger partial charge in [-0.2, -0.15) is 0 Å². The molecule has 0 radical (unpaired) electrons. The second kappa shape index (κ2) is 10.1. The van der Waals surface area contributed by atoms with Gasteiger partial charge in [0.05, 0.1) is 0 Å². The van der Waals surface area contributed by atoms with Crippen LogP contribution in [-0.4, -0.2) is 25.1 Å². The summed E-state index contributed by atoms with van der Waals surface area (Å²) in [5.74, 6) is 7.25. The van der Waals surface area contributed by atoms with Gasteiger partial charge < -0.3 is 4.74 Å². The third-order valence-corrected chi connectivity index (χ3v) is 3.73. The van der Waals surface area contributed by atoms with E-state index < -0.39 is 0 Å². The molecule has 0 aliphatic rings. The predicted octanol–water partition coefficient (Wildman–Crippen LogP) is 5.46. The Balaban J connectivity index is 2.53. The smallest absolute Gasteiger partial charge is 0.120 e. The van der Waals surface area contributed by atoms with Crippen LogP contribution in [0, 0.1) is 17.3 Å². The van der Waals surface area contributed by atoms with E-state index >= 15 is 0 Å². The number of likely N-dealkylation sites (N-methyl/N-ethyl adjacent to an activating group) is 1. The summed E-state index contributed by atoms with van der Waals surface area (Å²) in [4.78, 5) is 2.26. The van der Waals surface area contributed by atoms with Gasteiger partial charge in [-0.15, -0.1) is 0 Å². The van der Waals surface area contributed by atoms with Crippen LogP contribution in [0.1, 0.15) is 47.1 Å². The highest BCUT2D eigenvalue weighted by Gasteiger charge is 2.03. The van der Waals surface area contributed by atoms with Crippen LogP contribution in [0.2, 0.25) is 0 Å². The van der Waals surface area contributed by atoms with Gasteiger partial charge in [-0.1, -0.05) is 35.6 Å². The van der Waals surface area contributed by atoms with E-state index in [4.69, 9.17) is 4.74 Å². The fourth-order valence-corrected chi connectivity index (χ4v) is 2.00.